The van der Waals surface area contributed by atoms with Crippen LogP contribution in [0.25, 0.3) is 11.0 Å². The second kappa shape index (κ2) is 8.29. The standard InChI is InChI=1S/C19H21ClN6O3S/c1-25-16-7-5-13(10-15(16)23-24-25)12-26(17-4-2-3-9-21-19(17)27)30(28,29)14-6-8-18(20)22-11-14/h5-8,10-11,17H,2-4,9,12H2,1H3,(H,21,27)/t17-/m1/s1. The van der Waals surface area contributed by atoms with Crippen molar-refractivity contribution in [3.63, 3.8) is 0 Å². The van der Waals surface area contributed by atoms with E-state index in [9.17, 15) is 13.2 Å². The summed E-state index contributed by atoms with van der Waals surface area (Å²) in [5, 5.41) is 11.1. The molecule has 0 aliphatic carbocycles. The predicted octanol–water partition coefficient (Wildman–Crippen LogP) is 1.88. The van der Waals surface area contributed by atoms with Gasteiger partial charge in [0.1, 0.15) is 21.6 Å². The average Bonchev–Trinajstić information content (AvgIpc) is 2.95. The zero-order chi connectivity index (χ0) is 21.3. The third-order valence-electron chi connectivity index (χ3n) is 5.17. The number of rotatable bonds is 5. The van der Waals surface area contributed by atoms with Gasteiger partial charge in [-0.3, -0.25) is 4.79 Å². The first-order valence-corrected chi connectivity index (χ1v) is 11.4. The number of aromatic nitrogens is 4. The molecule has 0 radical (unpaired) electrons. The molecule has 158 valence electrons. The number of benzene rings is 1. The van der Waals surface area contributed by atoms with Crippen LogP contribution < -0.4 is 5.32 Å². The molecule has 0 spiro atoms. The van der Waals surface area contributed by atoms with Crippen molar-refractivity contribution >= 4 is 38.6 Å². The molecule has 3 heterocycles. The van der Waals surface area contributed by atoms with Gasteiger partial charge in [-0.1, -0.05) is 22.9 Å². The number of fused-ring (bicyclic) bond motifs is 1. The van der Waals surface area contributed by atoms with Crippen molar-refractivity contribution in [3.8, 4) is 0 Å². The number of hydrogen-bond acceptors (Lipinski definition) is 6. The number of amides is 1. The van der Waals surface area contributed by atoms with Gasteiger partial charge >= 0.3 is 0 Å². The van der Waals surface area contributed by atoms with E-state index in [4.69, 9.17) is 11.6 Å². The molecule has 2 aromatic heterocycles. The molecule has 0 bridgehead atoms. The highest BCUT2D eigenvalue weighted by Gasteiger charge is 2.36. The van der Waals surface area contributed by atoms with Crippen molar-refractivity contribution in [1.29, 1.82) is 0 Å². The van der Waals surface area contributed by atoms with Crippen molar-refractivity contribution in [2.45, 2.75) is 36.7 Å². The molecule has 1 fully saturated rings. The molecule has 1 amide bonds. The van der Waals surface area contributed by atoms with Crippen LogP contribution in [0.15, 0.2) is 41.4 Å². The number of hydrogen-bond donors (Lipinski definition) is 1. The number of aryl methyl sites for hydroxylation is 1. The van der Waals surface area contributed by atoms with Gasteiger partial charge in [0, 0.05) is 26.3 Å². The first kappa shape index (κ1) is 20.7. The van der Waals surface area contributed by atoms with Crippen LogP contribution in [0.3, 0.4) is 0 Å². The second-order valence-electron chi connectivity index (χ2n) is 7.21. The van der Waals surface area contributed by atoms with Crippen molar-refractivity contribution in [2.24, 2.45) is 7.05 Å². The summed E-state index contributed by atoms with van der Waals surface area (Å²) in [7, 11) is -2.22. The molecule has 3 aromatic rings. The number of carbonyl (C=O) groups excluding carboxylic acids is 1. The molecule has 0 unspecified atom stereocenters. The van der Waals surface area contributed by atoms with Gasteiger partial charge in [0.05, 0.1) is 5.52 Å². The fraction of sp³-hybridized carbons (Fsp3) is 0.368. The summed E-state index contributed by atoms with van der Waals surface area (Å²) in [5.41, 5.74) is 2.21. The van der Waals surface area contributed by atoms with Crippen molar-refractivity contribution in [3.05, 3.63) is 47.2 Å². The Morgan fingerprint density at radius 1 is 1.27 bits per heavy atom. The molecule has 1 N–H and O–H groups in total. The summed E-state index contributed by atoms with van der Waals surface area (Å²) in [6.07, 6.45) is 3.21. The van der Waals surface area contributed by atoms with Crippen LogP contribution in [-0.2, 0) is 28.4 Å². The number of pyridine rings is 1. The van der Waals surface area contributed by atoms with Gasteiger partial charge in [0.15, 0.2) is 0 Å². The van der Waals surface area contributed by atoms with E-state index >= 15 is 0 Å². The maximum absolute atomic E-state index is 13.5. The lowest BCUT2D eigenvalue weighted by Gasteiger charge is -2.29. The summed E-state index contributed by atoms with van der Waals surface area (Å²) in [5.74, 6) is -0.293. The molecule has 1 aromatic carbocycles. The van der Waals surface area contributed by atoms with E-state index in [0.29, 0.717) is 24.0 Å². The molecule has 11 heteroatoms. The molecular formula is C19H21ClN6O3S. The van der Waals surface area contributed by atoms with Crippen molar-refractivity contribution in [2.75, 3.05) is 6.54 Å². The summed E-state index contributed by atoms with van der Waals surface area (Å²) in [6.45, 7) is 0.562. The molecule has 0 saturated carbocycles. The Hall–Kier alpha value is -2.56. The van der Waals surface area contributed by atoms with Gasteiger partial charge < -0.3 is 5.32 Å². The van der Waals surface area contributed by atoms with Crippen molar-refractivity contribution in [1.82, 2.24) is 29.6 Å². The van der Waals surface area contributed by atoms with E-state index in [1.807, 2.05) is 12.1 Å². The van der Waals surface area contributed by atoms with E-state index in [0.717, 1.165) is 18.4 Å². The Labute approximate surface area is 179 Å². The lowest BCUT2D eigenvalue weighted by molar-refractivity contribution is -0.124. The number of carbonyl (C=O) groups is 1. The number of nitrogens with zero attached hydrogens (tertiary/aromatic N) is 5. The molecule has 4 rings (SSSR count). The minimum absolute atomic E-state index is 0.00970. The van der Waals surface area contributed by atoms with E-state index in [1.165, 1.54) is 22.6 Å². The van der Waals surface area contributed by atoms with Gasteiger partial charge in [0.2, 0.25) is 15.9 Å². The monoisotopic (exact) mass is 448 g/mol. The third-order valence-corrected chi connectivity index (χ3v) is 7.24. The number of nitrogens with one attached hydrogen (secondary N) is 1. The predicted molar refractivity (Wildman–Crippen MR) is 111 cm³/mol. The minimum atomic E-state index is -4.00. The lowest BCUT2D eigenvalue weighted by atomic mass is 10.1. The van der Waals surface area contributed by atoms with Gasteiger partial charge in [-0.05, 0) is 49.1 Å². The van der Waals surface area contributed by atoms with Crippen LogP contribution in [0.1, 0.15) is 24.8 Å². The van der Waals surface area contributed by atoms with Crippen LogP contribution >= 0.6 is 11.6 Å². The smallest absolute Gasteiger partial charge is 0.245 e. The lowest BCUT2D eigenvalue weighted by Crippen LogP contribution is -2.48. The normalized spacial score (nSPS) is 17.8. The fourth-order valence-electron chi connectivity index (χ4n) is 3.58. The molecule has 1 aliphatic heterocycles. The summed E-state index contributed by atoms with van der Waals surface area (Å²) < 4.78 is 29.9. The number of halogens is 1. The van der Waals surface area contributed by atoms with E-state index in [1.54, 1.807) is 17.8 Å². The molecule has 1 aliphatic rings. The third kappa shape index (κ3) is 4.03. The highest BCUT2D eigenvalue weighted by atomic mass is 35.5. The molecule has 9 nitrogen and oxygen atoms in total. The van der Waals surface area contributed by atoms with Gasteiger partial charge in [0.25, 0.3) is 0 Å². The van der Waals surface area contributed by atoms with Crippen LogP contribution in [0.2, 0.25) is 5.15 Å². The minimum Gasteiger partial charge on any atom is -0.355 e. The SMILES string of the molecule is Cn1nnc2cc(CN([C@@H]3CCCCNC3=O)S(=O)(=O)c3ccc(Cl)nc3)ccc21. The van der Waals surface area contributed by atoms with E-state index < -0.39 is 16.1 Å². The summed E-state index contributed by atoms with van der Waals surface area (Å²) in [6, 6.07) is 7.46. The van der Waals surface area contributed by atoms with Crippen LogP contribution in [0.4, 0.5) is 0 Å². The Kier molecular flexibility index (Phi) is 5.72. The maximum Gasteiger partial charge on any atom is 0.245 e. The molecule has 1 saturated heterocycles. The van der Waals surface area contributed by atoms with E-state index in [-0.39, 0.29) is 22.5 Å². The molecule has 1 atom stereocenters. The Morgan fingerprint density at radius 3 is 2.87 bits per heavy atom. The van der Waals surface area contributed by atoms with Crippen molar-refractivity contribution < 1.29 is 13.2 Å². The topological polar surface area (TPSA) is 110 Å². The fourth-order valence-corrected chi connectivity index (χ4v) is 5.24. The van der Waals surface area contributed by atoms with Gasteiger partial charge in [-0.25, -0.2) is 18.1 Å². The Balaban J connectivity index is 1.75. The second-order valence-corrected chi connectivity index (χ2v) is 9.48. The molecular weight excluding hydrogens is 428 g/mol. The van der Waals surface area contributed by atoms with Crippen LogP contribution in [0, 0.1) is 0 Å². The van der Waals surface area contributed by atoms with Crippen LogP contribution in [0.5, 0.6) is 0 Å². The highest BCUT2D eigenvalue weighted by Crippen LogP contribution is 2.26. The Bertz CT molecular complexity index is 1180. The molecule has 30 heavy (non-hydrogen) atoms. The maximum atomic E-state index is 13.5. The first-order valence-electron chi connectivity index (χ1n) is 9.56. The zero-order valence-electron chi connectivity index (χ0n) is 16.3. The zero-order valence-corrected chi connectivity index (χ0v) is 17.9. The quantitative estimate of drug-likeness (QED) is 0.596. The first-order chi connectivity index (χ1) is 14.4. The average molecular weight is 449 g/mol. The largest absolute Gasteiger partial charge is 0.355 e. The van der Waals surface area contributed by atoms with Gasteiger partial charge in [-0.2, -0.15) is 4.31 Å². The summed E-state index contributed by atoms with van der Waals surface area (Å²) in [4.78, 5) is 16.6. The van der Waals surface area contributed by atoms with Gasteiger partial charge in [-0.15, -0.1) is 5.10 Å². The Morgan fingerprint density at radius 2 is 2.10 bits per heavy atom. The van der Waals surface area contributed by atoms with Crippen LogP contribution in [-0.4, -0.2) is 51.2 Å². The number of sulfonamides is 1. The summed E-state index contributed by atoms with van der Waals surface area (Å²) >= 11 is 5.82. The highest BCUT2D eigenvalue weighted by molar-refractivity contribution is 7.89. The van der Waals surface area contributed by atoms with E-state index in [2.05, 4.69) is 20.6 Å².